The second-order valence-corrected chi connectivity index (χ2v) is 5.42. The standard InChI is InChI=1S/C14H16N4O2/c1-7(2)11-10-9(5-6-15-13(10)20)16-14(17-11)18-12(19)8-3-4-8/h5-8H,3-4H2,1-2H3,(H,15,20)(H,16,17,18,19). The van der Waals surface area contributed by atoms with Crippen LogP contribution >= 0.6 is 0 Å². The van der Waals surface area contributed by atoms with Crippen molar-refractivity contribution in [3.8, 4) is 0 Å². The third-order valence-electron chi connectivity index (χ3n) is 3.38. The molecule has 6 nitrogen and oxygen atoms in total. The lowest BCUT2D eigenvalue weighted by Crippen LogP contribution is -2.18. The summed E-state index contributed by atoms with van der Waals surface area (Å²) in [7, 11) is 0. The second-order valence-electron chi connectivity index (χ2n) is 5.42. The smallest absolute Gasteiger partial charge is 0.259 e. The maximum absolute atomic E-state index is 11.9. The zero-order valence-electron chi connectivity index (χ0n) is 11.4. The number of carbonyl (C=O) groups excluding carboxylic acids is 1. The van der Waals surface area contributed by atoms with Crippen LogP contribution in [-0.2, 0) is 4.79 Å². The highest BCUT2D eigenvalue weighted by molar-refractivity contribution is 5.93. The van der Waals surface area contributed by atoms with Gasteiger partial charge in [0.15, 0.2) is 0 Å². The number of nitrogens with one attached hydrogen (secondary N) is 2. The highest BCUT2D eigenvalue weighted by Crippen LogP contribution is 2.30. The van der Waals surface area contributed by atoms with Crippen LogP contribution in [0.5, 0.6) is 0 Å². The lowest BCUT2D eigenvalue weighted by Gasteiger charge is -2.10. The Morgan fingerprint density at radius 2 is 2.15 bits per heavy atom. The summed E-state index contributed by atoms with van der Waals surface area (Å²) in [5.41, 5.74) is 1.01. The van der Waals surface area contributed by atoms with Crippen molar-refractivity contribution >= 4 is 22.8 Å². The summed E-state index contributed by atoms with van der Waals surface area (Å²) in [5.74, 6) is 0.407. The summed E-state index contributed by atoms with van der Waals surface area (Å²) in [6.07, 6.45) is 3.40. The Hall–Kier alpha value is -2.24. The normalized spacial score (nSPS) is 14.8. The molecular weight excluding hydrogens is 256 g/mol. The molecule has 1 fully saturated rings. The summed E-state index contributed by atoms with van der Waals surface area (Å²) in [4.78, 5) is 35.0. The van der Waals surface area contributed by atoms with Crippen LogP contribution in [0, 0.1) is 5.92 Å². The zero-order chi connectivity index (χ0) is 14.3. The molecule has 0 bridgehead atoms. The van der Waals surface area contributed by atoms with Gasteiger partial charge in [0.2, 0.25) is 11.9 Å². The zero-order valence-corrected chi connectivity index (χ0v) is 11.4. The van der Waals surface area contributed by atoms with E-state index in [9.17, 15) is 9.59 Å². The first-order valence-electron chi connectivity index (χ1n) is 6.76. The molecule has 0 radical (unpaired) electrons. The molecule has 2 heterocycles. The first kappa shape index (κ1) is 12.8. The van der Waals surface area contributed by atoms with Gasteiger partial charge in [-0.15, -0.1) is 0 Å². The van der Waals surface area contributed by atoms with E-state index >= 15 is 0 Å². The number of aromatic amines is 1. The number of H-pyrrole nitrogens is 1. The molecule has 1 amide bonds. The minimum absolute atomic E-state index is 0.0381. The van der Waals surface area contributed by atoms with Gasteiger partial charge in [0.1, 0.15) is 0 Å². The maximum Gasteiger partial charge on any atom is 0.259 e. The summed E-state index contributed by atoms with van der Waals surface area (Å²) in [5, 5.41) is 3.23. The molecule has 2 N–H and O–H groups in total. The van der Waals surface area contributed by atoms with E-state index in [0.29, 0.717) is 16.6 Å². The van der Waals surface area contributed by atoms with Gasteiger partial charge >= 0.3 is 0 Å². The van der Waals surface area contributed by atoms with E-state index in [-0.39, 0.29) is 29.3 Å². The van der Waals surface area contributed by atoms with Crippen molar-refractivity contribution in [1.82, 2.24) is 15.0 Å². The molecule has 0 unspecified atom stereocenters. The number of amides is 1. The average molecular weight is 272 g/mol. The summed E-state index contributed by atoms with van der Waals surface area (Å²) >= 11 is 0. The predicted octanol–water partition coefficient (Wildman–Crippen LogP) is 1.79. The molecule has 3 rings (SSSR count). The molecule has 0 atom stereocenters. The van der Waals surface area contributed by atoms with E-state index in [4.69, 9.17) is 0 Å². The molecule has 2 aromatic heterocycles. The van der Waals surface area contributed by atoms with E-state index in [1.54, 1.807) is 12.3 Å². The molecule has 1 aliphatic rings. The molecule has 104 valence electrons. The highest BCUT2D eigenvalue weighted by Gasteiger charge is 2.30. The van der Waals surface area contributed by atoms with Gasteiger partial charge in [-0.3, -0.25) is 14.9 Å². The third-order valence-corrected chi connectivity index (χ3v) is 3.38. The van der Waals surface area contributed by atoms with Crippen LogP contribution in [0.4, 0.5) is 5.95 Å². The second kappa shape index (κ2) is 4.70. The van der Waals surface area contributed by atoms with Crippen LogP contribution in [0.3, 0.4) is 0 Å². The largest absolute Gasteiger partial charge is 0.328 e. The van der Waals surface area contributed by atoms with Crippen molar-refractivity contribution in [2.24, 2.45) is 5.92 Å². The maximum atomic E-state index is 11.9. The Morgan fingerprint density at radius 3 is 2.80 bits per heavy atom. The summed E-state index contributed by atoms with van der Waals surface area (Å²) in [6.45, 7) is 3.92. The van der Waals surface area contributed by atoms with Gasteiger partial charge in [0.05, 0.1) is 16.6 Å². The van der Waals surface area contributed by atoms with Crippen molar-refractivity contribution in [2.45, 2.75) is 32.6 Å². The fourth-order valence-corrected chi connectivity index (χ4v) is 2.15. The van der Waals surface area contributed by atoms with Crippen LogP contribution in [-0.4, -0.2) is 20.9 Å². The number of nitrogens with zero attached hydrogens (tertiary/aromatic N) is 2. The number of pyridine rings is 1. The van der Waals surface area contributed by atoms with Gasteiger partial charge in [-0.05, 0) is 24.8 Å². The van der Waals surface area contributed by atoms with Crippen LogP contribution in [0.15, 0.2) is 17.1 Å². The molecule has 1 aliphatic carbocycles. The molecule has 0 aromatic carbocycles. The van der Waals surface area contributed by atoms with E-state index < -0.39 is 0 Å². The topological polar surface area (TPSA) is 87.7 Å². The molecule has 6 heteroatoms. The Balaban J connectivity index is 2.10. The van der Waals surface area contributed by atoms with Crippen molar-refractivity contribution < 1.29 is 4.79 Å². The van der Waals surface area contributed by atoms with Gasteiger partial charge in [-0.2, -0.15) is 0 Å². The molecule has 0 spiro atoms. The number of fused-ring (bicyclic) bond motifs is 1. The lowest BCUT2D eigenvalue weighted by molar-refractivity contribution is -0.117. The highest BCUT2D eigenvalue weighted by atomic mass is 16.2. The lowest BCUT2D eigenvalue weighted by atomic mass is 10.1. The molecular formula is C14H16N4O2. The molecule has 0 aliphatic heterocycles. The monoisotopic (exact) mass is 272 g/mol. The molecule has 2 aromatic rings. The Labute approximate surface area is 115 Å². The van der Waals surface area contributed by atoms with Crippen LogP contribution in [0.1, 0.15) is 38.3 Å². The van der Waals surface area contributed by atoms with Crippen LogP contribution < -0.4 is 10.9 Å². The first-order valence-corrected chi connectivity index (χ1v) is 6.76. The average Bonchev–Trinajstić information content (AvgIpc) is 3.22. The number of carbonyl (C=O) groups is 1. The van der Waals surface area contributed by atoms with Gasteiger partial charge in [0, 0.05) is 12.1 Å². The number of rotatable bonds is 3. The number of aromatic nitrogens is 3. The SMILES string of the molecule is CC(C)c1nc(NC(=O)C2CC2)nc2cc[nH]c(=O)c12. The van der Waals surface area contributed by atoms with Gasteiger partial charge in [-0.1, -0.05) is 13.8 Å². The van der Waals surface area contributed by atoms with Crippen LogP contribution in [0.25, 0.3) is 10.9 Å². The van der Waals surface area contributed by atoms with Crippen LogP contribution in [0.2, 0.25) is 0 Å². The number of anilines is 1. The van der Waals surface area contributed by atoms with Crippen molar-refractivity contribution in [2.75, 3.05) is 5.32 Å². The fourth-order valence-electron chi connectivity index (χ4n) is 2.15. The van der Waals surface area contributed by atoms with Crippen molar-refractivity contribution in [3.63, 3.8) is 0 Å². The van der Waals surface area contributed by atoms with Crippen molar-refractivity contribution in [1.29, 1.82) is 0 Å². The van der Waals surface area contributed by atoms with Gasteiger partial charge in [0.25, 0.3) is 5.56 Å². The molecule has 20 heavy (non-hydrogen) atoms. The molecule has 0 saturated heterocycles. The quantitative estimate of drug-likeness (QED) is 0.891. The van der Waals surface area contributed by atoms with E-state index in [0.717, 1.165) is 12.8 Å². The Bertz CT molecular complexity index is 732. The minimum Gasteiger partial charge on any atom is -0.328 e. The third kappa shape index (κ3) is 2.29. The molecule has 1 saturated carbocycles. The van der Waals surface area contributed by atoms with E-state index in [1.807, 2.05) is 13.8 Å². The fraction of sp³-hybridized carbons (Fsp3) is 0.429. The predicted molar refractivity (Wildman–Crippen MR) is 75.6 cm³/mol. The number of hydrogen-bond donors (Lipinski definition) is 2. The van der Waals surface area contributed by atoms with Gasteiger partial charge in [-0.25, -0.2) is 9.97 Å². The van der Waals surface area contributed by atoms with Gasteiger partial charge < -0.3 is 4.98 Å². The van der Waals surface area contributed by atoms with Crippen molar-refractivity contribution in [3.05, 3.63) is 28.3 Å². The minimum atomic E-state index is -0.203. The summed E-state index contributed by atoms with van der Waals surface area (Å²) < 4.78 is 0. The first-order chi connectivity index (χ1) is 9.56. The Morgan fingerprint density at radius 1 is 1.40 bits per heavy atom. The summed E-state index contributed by atoms with van der Waals surface area (Å²) in [6, 6.07) is 1.72. The Kier molecular flexibility index (Phi) is 3.00. The number of hydrogen-bond acceptors (Lipinski definition) is 4. The van der Waals surface area contributed by atoms with E-state index in [1.165, 1.54) is 0 Å². The van der Waals surface area contributed by atoms with E-state index in [2.05, 4.69) is 20.3 Å².